The van der Waals surface area contributed by atoms with E-state index in [1.807, 2.05) is 13.2 Å². The number of para-hydroxylation sites is 2. The Morgan fingerprint density at radius 1 is 0.906 bits per heavy atom. The molecule has 1 saturated heterocycles. The Bertz CT molecular complexity index is 1080. The molecule has 2 aromatic heterocycles. The molecule has 3 fully saturated rings. The molecule has 6 rings (SSSR count). The van der Waals surface area contributed by atoms with Crippen molar-refractivity contribution >= 4 is 22.6 Å². The largest absolute Gasteiger partial charge is 0.319 e. The molecule has 5 nitrogen and oxygen atoms in total. The van der Waals surface area contributed by atoms with Crippen LogP contribution >= 0.6 is 11.6 Å². The van der Waals surface area contributed by atoms with Gasteiger partial charge in [-0.2, -0.15) is 5.10 Å². The first-order valence-electron chi connectivity index (χ1n) is 12.6. The number of aromatic nitrogens is 4. The molecular weight excluding hydrogens is 418 g/mol. The zero-order chi connectivity index (χ0) is 21.7. The van der Waals surface area contributed by atoms with Gasteiger partial charge in [0, 0.05) is 38.4 Å². The molecule has 2 saturated carbocycles. The maximum absolute atomic E-state index is 6.56. The Morgan fingerprint density at radius 3 is 2.31 bits per heavy atom. The van der Waals surface area contributed by atoms with E-state index in [1.54, 1.807) is 4.68 Å². The number of imidazole rings is 1. The highest BCUT2D eigenvalue weighted by molar-refractivity contribution is 6.32. The lowest BCUT2D eigenvalue weighted by molar-refractivity contribution is 0.0719. The van der Waals surface area contributed by atoms with E-state index in [-0.39, 0.29) is 0 Å². The van der Waals surface area contributed by atoms with Crippen molar-refractivity contribution in [1.82, 2.24) is 24.2 Å². The molecule has 1 unspecified atom stereocenters. The minimum absolute atomic E-state index is 0.442. The van der Waals surface area contributed by atoms with Gasteiger partial charge < -0.3 is 9.47 Å². The monoisotopic (exact) mass is 451 g/mol. The third-order valence-corrected chi connectivity index (χ3v) is 8.60. The van der Waals surface area contributed by atoms with Gasteiger partial charge >= 0.3 is 0 Å². The molecule has 3 heterocycles. The second-order valence-electron chi connectivity index (χ2n) is 10.4. The highest BCUT2D eigenvalue weighted by Crippen LogP contribution is 2.42. The van der Waals surface area contributed by atoms with E-state index in [2.05, 4.69) is 38.8 Å². The number of piperidine rings is 1. The lowest BCUT2D eigenvalue weighted by Gasteiger charge is -2.43. The number of rotatable bonds is 3. The molecule has 6 heteroatoms. The van der Waals surface area contributed by atoms with Crippen LogP contribution in [0.15, 0.2) is 30.5 Å². The lowest BCUT2D eigenvalue weighted by Crippen LogP contribution is -2.45. The van der Waals surface area contributed by atoms with Crippen LogP contribution in [0, 0.1) is 11.8 Å². The third kappa shape index (κ3) is 3.77. The van der Waals surface area contributed by atoms with Gasteiger partial charge in [0.15, 0.2) is 5.82 Å². The topological polar surface area (TPSA) is 38.9 Å². The Morgan fingerprint density at radius 2 is 1.62 bits per heavy atom. The van der Waals surface area contributed by atoms with Crippen LogP contribution in [0.2, 0.25) is 5.02 Å². The number of likely N-dealkylation sites (tertiary alicyclic amines) is 1. The molecule has 0 amide bonds. The van der Waals surface area contributed by atoms with Crippen molar-refractivity contribution in [3.63, 3.8) is 0 Å². The summed E-state index contributed by atoms with van der Waals surface area (Å²) in [6, 6.07) is 9.73. The summed E-state index contributed by atoms with van der Waals surface area (Å²) in [6.07, 6.45) is 14.4. The van der Waals surface area contributed by atoms with Crippen LogP contribution in [0.25, 0.3) is 22.6 Å². The average molecular weight is 452 g/mol. The predicted octanol–water partition coefficient (Wildman–Crippen LogP) is 6.09. The molecule has 32 heavy (non-hydrogen) atoms. The van der Waals surface area contributed by atoms with Crippen LogP contribution < -0.4 is 0 Å². The van der Waals surface area contributed by atoms with Gasteiger partial charge in [0.05, 0.1) is 16.1 Å². The Hall–Kier alpha value is -1.85. The molecular formula is C26H34ClN5. The summed E-state index contributed by atoms with van der Waals surface area (Å²) in [4.78, 5) is 7.81. The van der Waals surface area contributed by atoms with Gasteiger partial charge in [-0.15, -0.1) is 0 Å². The fourth-order valence-corrected chi connectivity index (χ4v) is 7.13. The van der Waals surface area contributed by atoms with Crippen molar-refractivity contribution < 1.29 is 0 Å². The molecule has 2 aliphatic carbocycles. The van der Waals surface area contributed by atoms with Gasteiger partial charge in [0.2, 0.25) is 0 Å². The summed E-state index contributed by atoms with van der Waals surface area (Å²) in [5.41, 5.74) is 3.03. The van der Waals surface area contributed by atoms with Gasteiger partial charge in [-0.1, -0.05) is 49.4 Å². The molecule has 1 aromatic carbocycles. The molecule has 0 N–H and O–H groups in total. The van der Waals surface area contributed by atoms with Crippen molar-refractivity contribution in [2.75, 3.05) is 13.1 Å². The normalized spacial score (nSPS) is 27.6. The number of halogens is 1. The third-order valence-electron chi connectivity index (χ3n) is 8.32. The highest BCUT2D eigenvalue weighted by atomic mass is 35.5. The number of fused-ring (bicyclic) bond motifs is 3. The van der Waals surface area contributed by atoms with Crippen molar-refractivity contribution in [3.05, 3.63) is 35.5 Å². The van der Waals surface area contributed by atoms with Crippen molar-refractivity contribution in [2.45, 2.75) is 69.9 Å². The second-order valence-corrected chi connectivity index (χ2v) is 10.8. The summed E-state index contributed by atoms with van der Waals surface area (Å²) < 4.78 is 4.22. The van der Waals surface area contributed by atoms with Crippen molar-refractivity contribution in [3.8, 4) is 11.5 Å². The number of hydrogen-bond donors (Lipinski definition) is 0. The maximum atomic E-state index is 6.56. The SMILES string of the molecule is Cn1cc(Cl)c(-c2nc3ccccc3n2C2CCN(C3C[C@H]4CCCC[C@@H](C3)C4)CC2)n1. The van der Waals surface area contributed by atoms with E-state index < -0.39 is 0 Å². The summed E-state index contributed by atoms with van der Waals surface area (Å²) >= 11 is 6.56. The molecule has 3 aliphatic rings. The van der Waals surface area contributed by atoms with E-state index in [4.69, 9.17) is 16.6 Å². The lowest BCUT2D eigenvalue weighted by atomic mass is 9.77. The van der Waals surface area contributed by atoms with Crippen LogP contribution in [0.5, 0.6) is 0 Å². The zero-order valence-electron chi connectivity index (χ0n) is 19.1. The first-order chi connectivity index (χ1) is 15.7. The van der Waals surface area contributed by atoms with E-state index in [0.29, 0.717) is 11.1 Å². The van der Waals surface area contributed by atoms with Gasteiger partial charge in [0.25, 0.3) is 0 Å². The van der Waals surface area contributed by atoms with Gasteiger partial charge in [-0.25, -0.2) is 4.98 Å². The fraction of sp³-hybridized carbons (Fsp3) is 0.615. The summed E-state index contributed by atoms with van der Waals surface area (Å²) in [5.74, 6) is 2.88. The van der Waals surface area contributed by atoms with Crippen LogP contribution in [0.1, 0.15) is 63.8 Å². The Balaban J connectivity index is 1.25. The first kappa shape index (κ1) is 20.7. The maximum Gasteiger partial charge on any atom is 0.163 e. The van der Waals surface area contributed by atoms with E-state index in [9.17, 15) is 0 Å². The molecule has 2 bridgehead atoms. The van der Waals surface area contributed by atoms with E-state index in [0.717, 1.165) is 34.9 Å². The number of hydrogen-bond acceptors (Lipinski definition) is 3. The predicted molar refractivity (Wildman–Crippen MR) is 130 cm³/mol. The second kappa shape index (κ2) is 8.49. The van der Waals surface area contributed by atoms with Crippen LogP contribution in [0.3, 0.4) is 0 Å². The van der Waals surface area contributed by atoms with Crippen molar-refractivity contribution in [1.29, 1.82) is 0 Å². The average Bonchev–Trinajstić information content (AvgIpc) is 3.30. The fourth-order valence-electron chi connectivity index (χ4n) is 6.87. The zero-order valence-corrected chi connectivity index (χ0v) is 19.8. The minimum Gasteiger partial charge on any atom is -0.319 e. The smallest absolute Gasteiger partial charge is 0.163 e. The molecule has 170 valence electrons. The van der Waals surface area contributed by atoms with Crippen LogP contribution in [-0.4, -0.2) is 43.4 Å². The molecule has 1 aliphatic heterocycles. The molecule has 0 spiro atoms. The number of nitrogens with zero attached hydrogens (tertiary/aromatic N) is 5. The summed E-state index contributed by atoms with van der Waals surface area (Å²) in [6.45, 7) is 2.38. The highest BCUT2D eigenvalue weighted by Gasteiger charge is 2.35. The molecule has 3 atom stereocenters. The number of aryl methyl sites for hydroxylation is 1. The van der Waals surface area contributed by atoms with Gasteiger partial charge in [-0.05, 0) is 56.1 Å². The van der Waals surface area contributed by atoms with Gasteiger partial charge in [0.1, 0.15) is 5.69 Å². The van der Waals surface area contributed by atoms with Crippen LogP contribution in [0.4, 0.5) is 0 Å². The Kier molecular flexibility index (Phi) is 5.50. The van der Waals surface area contributed by atoms with Gasteiger partial charge in [-0.3, -0.25) is 4.68 Å². The summed E-state index contributed by atoms with van der Waals surface area (Å²) in [5, 5.41) is 5.32. The molecule has 3 aromatic rings. The van der Waals surface area contributed by atoms with E-state index >= 15 is 0 Å². The quantitative estimate of drug-likeness (QED) is 0.484. The standard InChI is InChI=1S/C26H34ClN5/c1-30-17-22(27)25(29-30)26-28-23-8-4-5-9-24(23)32(26)20-10-12-31(13-11-20)21-15-18-6-2-3-7-19(14-18)16-21/h4-5,8-9,17-21H,2-3,6-7,10-16H2,1H3/t18-,19+,21?. The number of benzene rings is 1. The van der Waals surface area contributed by atoms with Crippen LogP contribution in [-0.2, 0) is 7.05 Å². The summed E-state index contributed by atoms with van der Waals surface area (Å²) in [7, 11) is 1.92. The van der Waals surface area contributed by atoms with Crippen molar-refractivity contribution in [2.24, 2.45) is 18.9 Å². The molecule has 0 radical (unpaired) electrons. The first-order valence-corrected chi connectivity index (χ1v) is 12.9. The Labute approximate surface area is 195 Å². The minimum atomic E-state index is 0.442. The van der Waals surface area contributed by atoms with E-state index in [1.165, 1.54) is 76.4 Å².